The molecule has 0 N–H and O–H groups in total. The van der Waals surface area contributed by atoms with E-state index in [4.69, 9.17) is 4.74 Å². The van der Waals surface area contributed by atoms with Crippen molar-refractivity contribution in [2.75, 3.05) is 6.61 Å². The summed E-state index contributed by atoms with van der Waals surface area (Å²) in [6, 6.07) is 4.11. The van der Waals surface area contributed by atoms with Gasteiger partial charge in [-0.15, -0.1) is 0 Å². The Kier molecular flexibility index (Phi) is 3.77. The van der Waals surface area contributed by atoms with Gasteiger partial charge in [-0.25, -0.2) is 0 Å². The number of carbonyl (C=O) groups excluding carboxylic acids is 1. The molecule has 1 aliphatic carbocycles. The van der Waals surface area contributed by atoms with Gasteiger partial charge in [-0.3, -0.25) is 9.78 Å². The molecule has 1 aromatic rings. The van der Waals surface area contributed by atoms with Gasteiger partial charge in [0, 0.05) is 11.9 Å². The Labute approximate surface area is 102 Å². The van der Waals surface area contributed by atoms with Gasteiger partial charge in [0.25, 0.3) is 0 Å². The van der Waals surface area contributed by atoms with Crippen molar-refractivity contribution < 1.29 is 9.53 Å². The highest BCUT2D eigenvalue weighted by molar-refractivity contribution is 5.70. The van der Waals surface area contributed by atoms with E-state index in [1.54, 1.807) is 0 Å². The predicted octanol–water partition coefficient (Wildman–Crippen LogP) is 2.84. The fourth-order valence-electron chi connectivity index (χ4n) is 2.25. The normalized spacial score (nSPS) is 16.6. The molecular weight excluding hydrogens is 214 g/mol. The van der Waals surface area contributed by atoms with Crippen molar-refractivity contribution in [3.63, 3.8) is 0 Å². The summed E-state index contributed by atoms with van der Waals surface area (Å²) in [5, 5.41) is 0. The summed E-state index contributed by atoms with van der Waals surface area (Å²) in [7, 11) is 0. The number of pyridine rings is 1. The minimum absolute atomic E-state index is 0.0844. The van der Waals surface area contributed by atoms with Gasteiger partial charge < -0.3 is 4.74 Å². The average Bonchev–Trinajstić information content (AvgIpc) is 3.10. The number of hydrogen-bond donors (Lipinski definition) is 0. The molecule has 0 aromatic carbocycles. The Bertz CT molecular complexity index is 399. The van der Waals surface area contributed by atoms with Crippen molar-refractivity contribution in [1.82, 2.24) is 4.98 Å². The Morgan fingerprint density at radius 3 is 2.94 bits per heavy atom. The molecule has 0 amide bonds. The number of nitrogens with zero attached hydrogens (tertiary/aromatic N) is 1. The summed E-state index contributed by atoms with van der Waals surface area (Å²) in [6.45, 7) is 4.30. The molecule has 3 nitrogen and oxygen atoms in total. The molecule has 17 heavy (non-hydrogen) atoms. The number of ether oxygens (including phenoxy) is 1. The van der Waals surface area contributed by atoms with Crippen LogP contribution in [0.3, 0.4) is 0 Å². The summed E-state index contributed by atoms with van der Waals surface area (Å²) in [4.78, 5) is 15.8. The van der Waals surface area contributed by atoms with Crippen LogP contribution in [-0.4, -0.2) is 17.6 Å². The Morgan fingerprint density at radius 2 is 2.35 bits per heavy atom. The van der Waals surface area contributed by atoms with Crippen LogP contribution in [0.4, 0.5) is 0 Å². The van der Waals surface area contributed by atoms with E-state index < -0.39 is 0 Å². The summed E-state index contributed by atoms with van der Waals surface area (Å²) < 4.78 is 5.05. The third-order valence-electron chi connectivity index (χ3n) is 3.23. The van der Waals surface area contributed by atoms with Gasteiger partial charge in [-0.05, 0) is 56.2 Å². The molecule has 2 rings (SSSR count). The Morgan fingerprint density at radius 1 is 1.59 bits per heavy atom. The molecule has 0 saturated heterocycles. The summed E-state index contributed by atoms with van der Waals surface area (Å²) in [5.41, 5.74) is 2.24. The number of hydrogen-bond acceptors (Lipinski definition) is 3. The number of carbonyl (C=O) groups is 1. The molecule has 1 saturated carbocycles. The second-order valence-electron chi connectivity index (χ2n) is 4.68. The van der Waals surface area contributed by atoms with Gasteiger partial charge in [0.15, 0.2) is 0 Å². The molecule has 0 aliphatic heterocycles. The maximum Gasteiger partial charge on any atom is 0.306 e. The average molecular weight is 233 g/mol. The molecule has 0 radical (unpaired) electrons. The highest BCUT2D eigenvalue weighted by Crippen LogP contribution is 2.44. The molecule has 0 bridgehead atoms. The molecule has 0 spiro atoms. The largest absolute Gasteiger partial charge is 0.466 e. The number of rotatable bonds is 5. The first kappa shape index (κ1) is 12.1. The van der Waals surface area contributed by atoms with E-state index in [0.29, 0.717) is 24.9 Å². The van der Waals surface area contributed by atoms with Crippen LogP contribution >= 0.6 is 0 Å². The standard InChI is InChI=1S/C14H19NO2/c1-3-17-14(16)9-13(11-4-5-11)12-6-7-15-10(2)8-12/h6-8,11,13H,3-5,9H2,1-2H3. The van der Waals surface area contributed by atoms with E-state index in [9.17, 15) is 4.79 Å². The molecule has 1 unspecified atom stereocenters. The molecule has 1 aliphatic rings. The van der Waals surface area contributed by atoms with Crippen LogP contribution in [-0.2, 0) is 9.53 Å². The molecule has 1 fully saturated rings. The number of esters is 1. The third kappa shape index (κ3) is 3.29. The zero-order valence-corrected chi connectivity index (χ0v) is 10.5. The van der Waals surface area contributed by atoms with Crippen molar-refractivity contribution in [3.05, 3.63) is 29.6 Å². The van der Waals surface area contributed by atoms with Gasteiger partial charge >= 0.3 is 5.97 Å². The molecule has 92 valence electrons. The SMILES string of the molecule is CCOC(=O)CC(c1ccnc(C)c1)C1CC1. The van der Waals surface area contributed by atoms with E-state index >= 15 is 0 Å². The second kappa shape index (κ2) is 5.30. The zero-order valence-electron chi connectivity index (χ0n) is 10.5. The lowest BCUT2D eigenvalue weighted by Gasteiger charge is -2.16. The molecule has 1 atom stereocenters. The summed E-state index contributed by atoms with van der Waals surface area (Å²) in [6.07, 6.45) is 4.78. The van der Waals surface area contributed by atoms with Crippen molar-refractivity contribution in [2.45, 2.75) is 39.0 Å². The lowest BCUT2D eigenvalue weighted by Crippen LogP contribution is -2.12. The van der Waals surface area contributed by atoms with Crippen LogP contribution in [0.5, 0.6) is 0 Å². The van der Waals surface area contributed by atoms with Crippen LogP contribution < -0.4 is 0 Å². The highest BCUT2D eigenvalue weighted by atomic mass is 16.5. The Balaban J connectivity index is 2.09. The summed E-state index contributed by atoms with van der Waals surface area (Å²) in [5.74, 6) is 0.885. The van der Waals surface area contributed by atoms with E-state index in [2.05, 4.69) is 11.1 Å². The maximum absolute atomic E-state index is 11.6. The van der Waals surface area contributed by atoms with Crippen LogP contribution in [0.1, 0.15) is 43.4 Å². The molecular formula is C14H19NO2. The smallest absolute Gasteiger partial charge is 0.306 e. The van der Waals surface area contributed by atoms with Gasteiger partial charge in [0.05, 0.1) is 13.0 Å². The number of aryl methyl sites for hydroxylation is 1. The Hall–Kier alpha value is -1.38. The number of aromatic nitrogens is 1. The fraction of sp³-hybridized carbons (Fsp3) is 0.571. The van der Waals surface area contributed by atoms with E-state index in [-0.39, 0.29) is 5.97 Å². The highest BCUT2D eigenvalue weighted by Gasteiger charge is 2.34. The first-order valence-electron chi connectivity index (χ1n) is 6.29. The molecule has 3 heteroatoms. The zero-order chi connectivity index (χ0) is 12.3. The van der Waals surface area contributed by atoms with E-state index in [1.165, 1.54) is 18.4 Å². The minimum Gasteiger partial charge on any atom is -0.466 e. The van der Waals surface area contributed by atoms with Gasteiger partial charge in [0.2, 0.25) is 0 Å². The monoisotopic (exact) mass is 233 g/mol. The van der Waals surface area contributed by atoms with Crippen molar-refractivity contribution in [1.29, 1.82) is 0 Å². The third-order valence-corrected chi connectivity index (χ3v) is 3.23. The fourth-order valence-corrected chi connectivity index (χ4v) is 2.25. The first-order chi connectivity index (χ1) is 8.20. The van der Waals surface area contributed by atoms with Gasteiger partial charge in [-0.1, -0.05) is 0 Å². The minimum atomic E-state index is -0.0844. The summed E-state index contributed by atoms with van der Waals surface area (Å²) >= 11 is 0. The van der Waals surface area contributed by atoms with Crippen LogP contribution in [0.25, 0.3) is 0 Å². The lowest BCUT2D eigenvalue weighted by atomic mass is 9.91. The van der Waals surface area contributed by atoms with Crippen molar-refractivity contribution in [3.8, 4) is 0 Å². The van der Waals surface area contributed by atoms with Crippen LogP contribution in [0.2, 0.25) is 0 Å². The van der Waals surface area contributed by atoms with Crippen LogP contribution in [0.15, 0.2) is 18.3 Å². The quantitative estimate of drug-likeness (QED) is 0.734. The first-order valence-corrected chi connectivity index (χ1v) is 6.29. The van der Waals surface area contributed by atoms with Crippen molar-refractivity contribution in [2.24, 2.45) is 5.92 Å². The molecule has 1 heterocycles. The van der Waals surface area contributed by atoms with E-state index in [1.807, 2.05) is 26.1 Å². The van der Waals surface area contributed by atoms with Crippen molar-refractivity contribution >= 4 is 5.97 Å². The van der Waals surface area contributed by atoms with Gasteiger partial charge in [-0.2, -0.15) is 0 Å². The lowest BCUT2D eigenvalue weighted by molar-refractivity contribution is -0.143. The predicted molar refractivity (Wildman–Crippen MR) is 65.7 cm³/mol. The van der Waals surface area contributed by atoms with E-state index in [0.717, 1.165) is 5.69 Å². The van der Waals surface area contributed by atoms with Gasteiger partial charge in [0.1, 0.15) is 0 Å². The second-order valence-corrected chi connectivity index (χ2v) is 4.68. The topological polar surface area (TPSA) is 39.2 Å². The molecule has 1 aromatic heterocycles. The maximum atomic E-state index is 11.6. The van der Waals surface area contributed by atoms with Crippen LogP contribution in [0, 0.1) is 12.8 Å².